The Morgan fingerprint density at radius 1 is 1.18 bits per heavy atom. The van der Waals surface area contributed by atoms with Gasteiger partial charge in [-0.25, -0.2) is 13.8 Å². The van der Waals surface area contributed by atoms with Gasteiger partial charge >= 0.3 is 0 Å². The van der Waals surface area contributed by atoms with Gasteiger partial charge in [0, 0.05) is 31.7 Å². The molecule has 0 saturated heterocycles. The third-order valence-electron chi connectivity index (χ3n) is 4.66. The molecule has 0 aromatic heterocycles. The topological polar surface area (TPSA) is 115 Å². The van der Waals surface area contributed by atoms with Gasteiger partial charge in [-0.1, -0.05) is 24.3 Å². The molecule has 0 aliphatic carbocycles. The normalized spacial score (nSPS) is 23.5. The molecular weight excluding hydrogens is 380 g/mol. The average molecular weight is 402 g/mol. The molecule has 3 aliphatic heterocycles. The number of sulfone groups is 1. The first kappa shape index (κ1) is 18.4. The average Bonchev–Trinajstić information content (AvgIpc) is 3.11. The first-order valence-electron chi connectivity index (χ1n) is 8.91. The van der Waals surface area contributed by atoms with Crippen LogP contribution in [0.15, 0.2) is 65.2 Å². The van der Waals surface area contributed by atoms with Crippen molar-refractivity contribution in [2.24, 2.45) is 0 Å². The Kier molecular flexibility index (Phi) is 4.73. The number of fused-ring (bicyclic) bond motifs is 1. The largest absolute Gasteiger partial charge is 0.386 e. The Morgan fingerprint density at radius 3 is 2.75 bits per heavy atom. The Bertz CT molecular complexity index is 985. The molecule has 0 fully saturated rings. The maximum absolute atomic E-state index is 12.7. The smallest absolute Gasteiger partial charge is 0.276 e. The van der Waals surface area contributed by atoms with E-state index in [1.54, 1.807) is 41.7 Å². The van der Waals surface area contributed by atoms with E-state index >= 15 is 0 Å². The van der Waals surface area contributed by atoms with E-state index in [1.165, 1.54) is 6.26 Å². The van der Waals surface area contributed by atoms with Crippen LogP contribution in [0, 0.1) is 0 Å². The fourth-order valence-corrected chi connectivity index (χ4v) is 4.29. The summed E-state index contributed by atoms with van der Waals surface area (Å²) in [7, 11) is -3.38. The molecule has 1 aromatic carbocycles. The Balaban J connectivity index is 1.55. The van der Waals surface area contributed by atoms with E-state index in [2.05, 4.69) is 26.7 Å². The third kappa shape index (κ3) is 3.56. The van der Waals surface area contributed by atoms with Crippen molar-refractivity contribution in [2.75, 3.05) is 19.3 Å². The van der Waals surface area contributed by atoms with Crippen molar-refractivity contribution in [1.29, 1.82) is 0 Å². The maximum atomic E-state index is 12.7. The van der Waals surface area contributed by atoms with Crippen molar-refractivity contribution >= 4 is 15.7 Å². The first-order valence-corrected chi connectivity index (χ1v) is 10.8. The highest BCUT2D eigenvalue weighted by Gasteiger charge is 2.34. The van der Waals surface area contributed by atoms with Crippen LogP contribution in [0.1, 0.15) is 11.6 Å². The summed E-state index contributed by atoms with van der Waals surface area (Å²) in [4.78, 5) is 13.0. The monoisotopic (exact) mass is 402 g/mol. The Labute approximate surface area is 163 Å². The number of amides is 1. The van der Waals surface area contributed by atoms with Crippen LogP contribution in [0.25, 0.3) is 0 Å². The van der Waals surface area contributed by atoms with E-state index in [9.17, 15) is 13.2 Å². The number of nitrogens with one attached hydrogen (secondary N) is 5. The predicted octanol–water partition coefficient (Wildman–Crippen LogP) is -0.614. The molecule has 2 unspecified atom stereocenters. The number of rotatable bonds is 4. The second kappa shape index (κ2) is 7.21. The highest BCUT2D eigenvalue weighted by atomic mass is 32.2. The minimum atomic E-state index is -3.38. The van der Waals surface area contributed by atoms with Gasteiger partial charge < -0.3 is 21.3 Å². The van der Waals surface area contributed by atoms with Gasteiger partial charge in [-0.2, -0.15) is 0 Å². The minimum absolute atomic E-state index is 0.228. The number of carbonyl (C=O) groups is 1. The van der Waals surface area contributed by atoms with E-state index < -0.39 is 9.84 Å². The number of nitrogens with zero attached hydrogens (tertiary/aromatic N) is 1. The summed E-state index contributed by atoms with van der Waals surface area (Å²) in [5.74, 6) is 0.322. The highest BCUT2D eigenvalue weighted by Crippen LogP contribution is 2.29. The molecule has 1 aromatic rings. The van der Waals surface area contributed by atoms with Crippen molar-refractivity contribution in [3.63, 3.8) is 0 Å². The molecule has 1 amide bonds. The fourth-order valence-electron chi connectivity index (χ4n) is 3.34. The Morgan fingerprint density at radius 2 is 2.00 bits per heavy atom. The summed E-state index contributed by atoms with van der Waals surface area (Å²) >= 11 is 0. The predicted molar refractivity (Wildman–Crippen MR) is 104 cm³/mol. The van der Waals surface area contributed by atoms with Gasteiger partial charge in [0.1, 0.15) is 17.7 Å². The molecule has 0 spiro atoms. The maximum Gasteiger partial charge on any atom is 0.276 e. The quantitative estimate of drug-likeness (QED) is 0.424. The number of hydrogen-bond acceptors (Lipinski definition) is 8. The SMILES string of the molecule is CS(=O)(=O)c1ccccc1C1C=CC2NC=C(C(=O)NC3=CNCCN3)N2N1. The van der Waals surface area contributed by atoms with Crippen LogP contribution in [-0.2, 0) is 14.6 Å². The molecule has 28 heavy (non-hydrogen) atoms. The van der Waals surface area contributed by atoms with Gasteiger partial charge in [0.2, 0.25) is 0 Å². The van der Waals surface area contributed by atoms with Gasteiger partial charge in [0.05, 0.1) is 10.9 Å². The highest BCUT2D eigenvalue weighted by molar-refractivity contribution is 7.90. The molecule has 0 radical (unpaired) electrons. The van der Waals surface area contributed by atoms with Crippen molar-refractivity contribution in [2.45, 2.75) is 17.1 Å². The van der Waals surface area contributed by atoms with Crippen LogP contribution in [0.2, 0.25) is 0 Å². The first-order chi connectivity index (χ1) is 13.4. The van der Waals surface area contributed by atoms with Crippen LogP contribution < -0.4 is 26.7 Å². The molecule has 9 nitrogen and oxygen atoms in total. The van der Waals surface area contributed by atoms with Crippen molar-refractivity contribution < 1.29 is 13.2 Å². The lowest BCUT2D eigenvalue weighted by atomic mass is 10.1. The van der Waals surface area contributed by atoms with Crippen LogP contribution in [-0.4, -0.2) is 44.8 Å². The lowest BCUT2D eigenvalue weighted by Crippen LogP contribution is -2.51. The van der Waals surface area contributed by atoms with E-state index in [-0.39, 0.29) is 23.0 Å². The van der Waals surface area contributed by atoms with E-state index in [1.807, 2.05) is 12.2 Å². The summed E-state index contributed by atoms with van der Waals surface area (Å²) < 4.78 is 24.3. The number of carbonyl (C=O) groups excluding carboxylic acids is 1. The lowest BCUT2D eigenvalue weighted by Gasteiger charge is -2.35. The zero-order valence-electron chi connectivity index (χ0n) is 15.3. The summed E-state index contributed by atoms with van der Waals surface area (Å²) in [6, 6.07) is 6.47. The second-order valence-electron chi connectivity index (χ2n) is 6.71. The van der Waals surface area contributed by atoms with Crippen LogP contribution in [0.5, 0.6) is 0 Å². The van der Waals surface area contributed by atoms with Crippen molar-refractivity contribution in [1.82, 2.24) is 31.7 Å². The summed E-state index contributed by atoms with van der Waals surface area (Å²) in [6.45, 7) is 1.52. The zero-order chi connectivity index (χ0) is 19.7. The number of benzene rings is 1. The fraction of sp³-hybridized carbons (Fsp3) is 0.278. The molecule has 3 aliphatic rings. The van der Waals surface area contributed by atoms with Gasteiger partial charge in [-0.3, -0.25) is 9.80 Å². The molecule has 3 heterocycles. The van der Waals surface area contributed by atoms with Crippen LogP contribution in [0.4, 0.5) is 0 Å². The summed E-state index contributed by atoms with van der Waals surface area (Å²) in [6.07, 6.45) is 8.11. The van der Waals surface area contributed by atoms with Crippen molar-refractivity contribution in [3.05, 3.63) is 65.9 Å². The number of hydrazine groups is 1. The molecule has 4 rings (SSSR count). The molecule has 10 heteroatoms. The van der Waals surface area contributed by atoms with Crippen LogP contribution >= 0.6 is 0 Å². The van der Waals surface area contributed by atoms with Gasteiger partial charge in [0.25, 0.3) is 5.91 Å². The molecule has 2 atom stereocenters. The third-order valence-corrected chi connectivity index (χ3v) is 5.83. The van der Waals surface area contributed by atoms with E-state index in [4.69, 9.17) is 0 Å². The standard InChI is InChI=1S/C18H22N6O3S/c1-28(26,27)15-5-3-2-4-12(15)13-6-7-17-21-10-14(24(17)23-13)18(25)22-16-11-19-8-9-20-16/h2-7,10-11,13,17,19-21,23H,8-9H2,1H3,(H,22,25). The summed E-state index contributed by atoms with van der Waals surface area (Å²) in [5.41, 5.74) is 4.29. The van der Waals surface area contributed by atoms with Gasteiger partial charge in [0.15, 0.2) is 9.84 Å². The molecule has 0 saturated carbocycles. The molecular formula is C18H22N6O3S. The summed E-state index contributed by atoms with van der Waals surface area (Å²) in [5, 5.41) is 13.8. The molecule has 5 N–H and O–H groups in total. The number of hydrogen-bond donors (Lipinski definition) is 5. The lowest BCUT2D eigenvalue weighted by molar-refractivity contribution is -0.119. The van der Waals surface area contributed by atoms with Crippen LogP contribution in [0.3, 0.4) is 0 Å². The minimum Gasteiger partial charge on any atom is -0.386 e. The zero-order valence-corrected chi connectivity index (χ0v) is 16.1. The molecule has 148 valence electrons. The van der Waals surface area contributed by atoms with E-state index in [0.29, 0.717) is 17.1 Å². The van der Waals surface area contributed by atoms with E-state index in [0.717, 1.165) is 13.1 Å². The molecule has 0 bridgehead atoms. The van der Waals surface area contributed by atoms with Gasteiger partial charge in [-0.05, 0) is 17.7 Å². The Hall–Kier alpha value is -2.98. The van der Waals surface area contributed by atoms with Gasteiger partial charge in [-0.15, -0.1) is 0 Å². The van der Waals surface area contributed by atoms with Crippen molar-refractivity contribution in [3.8, 4) is 0 Å². The second-order valence-corrected chi connectivity index (χ2v) is 8.69.